The average Bonchev–Trinajstić information content (AvgIpc) is 3.05. The smallest absolute Gasteiger partial charge is 0.350 e. The van der Waals surface area contributed by atoms with Gasteiger partial charge in [0.15, 0.2) is 6.04 Å². The summed E-state index contributed by atoms with van der Waals surface area (Å²) in [6.07, 6.45) is -4.59. The van der Waals surface area contributed by atoms with E-state index < -0.39 is 29.6 Å². The van der Waals surface area contributed by atoms with Crippen molar-refractivity contribution in [1.29, 1.82) is 0 Å². The lowest BCUT2D eigenvalue weighted by Gasteiger charge is -2.30. The molecule has 5 nitrogen and oxygen atoms in total. The van der Waals surface area contributed by atoms with E-state index in [9.17, 15) is 22.8 Å². The van der Waals surface area contributed by atoms with Gasteiger partial charge in [-0.1, -0.05) is 54.1 Å². The molecule has 0 spiro atoms. The number of halogens is 3. The molecule has 37 heavy (non-hydrogen) atoms. The van der Waals surface area contributed by atoms with E-state index in [2.05, 4.69) is 5.32 Å². The van der Waals surface area contributed by atoms with Crippen molar-refractivity contribution in [2.24, 2.45) is 7.05 Å². The lowest BCUT2D eigenvalue weighted by atomic mass is 10.1. The summed E-state index contributed by atoms with van der Waals surface area (Å²) in [5.41, 5.74) is 2.53. The summed E-state index contributed by atoms with van der Waals surface area (Å²) in [6.45, 7) is 2.18. The number of hydrogen-bond donors (Lipinski definition) is 1. The highest BCUT2D eigenvalue weighted by atomic mass is 32.2. The van der Waals surface area contributed by atoms with Crippen molar-refractivity contribution in [3.05, 3.63) is 95.2 Å². The third-order valence-electron chi connectivity index (χ3n) is 6.52. The molecule has 0 radical (unpaired) electrons. The Morgan fingerprint density at radius 1 is 1.05 bits per heavy atom. The van der Waals surface area contributed by atoms with Crippen LogP contribution in [0.5, 0.6) is 0 Å². The predicted molar refractivity (Wildman–Crippen MR) is 138 cm³/mol. The number of thioether (sulfide) groups is 1. The zero-order chi connectivity index (χ0) is 26.3. The lowest BCUT2D eigenvalue weighted by molar-refractivity contribution is -0.137. The number of carbonyl (C=O) groups excluding carboxylic acids is 2. The van der Waals surface area contributed by atoms with Gasteiger partial charge in [-0.2, -0.15) is 13.2 Å². The number of amides is 2. The van der Waals surface area contributed by atoms with Gasteiger partial charge in [-0.15, -0.1) is 11.8 Å². The van der Waals surface area contributed by atoms with Crippen LogP contribution in [0.1, 0.15) is 28.4 Å². The summed E-state index contributed by atoms with van der Waals surface area (Å²) in [7, 11) is 1.81. The van der Waals surface area contributed by atoms with Crippen LogP contribution in [0.3, 0.4) is 0 Å². The third-order valence-corrected chi connectivity index (χ3v) is 7.63. The Hall–Kier alpha value is -3.72. The molecule has 1 N–H and O–H groups in total. The van der Waals surface area contributed by atoms with Gasteiger partial charge in [0.05, 0.1) is 17.0 Å². The number of aryl methyl sites for hydroxylation is 2. The highest BCUT2D eigenvalue weighted by Gasteiger charge is 2.41. The first kappa shape index (κ1) is 25.0. The molecule has 1 aliphatic heterocycles. The zero-order valence-electron chi connectivity index (χ0n) is 20.2. The molecule has 1 aliphatic rings. The standard InChI is InChI=1S/C28H24F3N3O2S/c1-17-10-12-18(13-11-17)15-32-27(36)25-24-26(21-8-3-4-9-22(21)33(24)2)37-16-23(35)34(25)20-7-5-6-19(14-20)28(29,30)31/h3-14,25H,15-16H2,1-2H3,(H,32,36)/t25-/m1/s1. The predicted octanol–water partition coefficient (Wildman–Crippen LogP) is 6.00. The van der Waals surface area contributed by atoms with E-state index in [1.807, 2.05) is 67.1 Å². The molecular formula is C28H24F3N3O2S. The first-order chi connectivity index (χ1) is 17.6. The third kappa shape index (κ3) is 4.71. The Morgan fingerprint density at radius 2 is 1.78 bits per heavy atom. The fraction of sp³-hybridized carbons (Fsp3) is 0.214. The number of rotatable bonds is 4. The molecule has 3 aromatic carbocycles. The topological polar surface area (TPSA) is 54.3 Å². The van der Waals surface area contributed by atoms with Crippen LogP contribution in [0.25, 0.3) is 10.9 Å². The van der Waals surface area contributed by atoms with Crippen molar-refractivity contribution in [2.75, 3.05) is 10.7 Å². The Morgan fingerprint density at radius 3 is 2.51 bits per heavy atom. The van der Waals surface area contributed by atoms with Crippen LogP contribution in [0, 0.1) is 6.92 Å². The van der Waals surface area contributed by atoms with Crippen LogP contribution >= 0.6 is 11.8 Å². The van der Waals surface area contributed by atoms with Crippen LogP contribution in [-0.2, 0) is 29.4 Å². The number of fused-ring (bicyclic) bond motifs is 3. The largest absolute Gasteiger partial charge is 0.416 e. The molecule has 0 aliphatic carbocycles. The van der Waals surface area contributed by atoms with E-state index in [-0.39, 0.29) is 18.0 Å². The van der Waals surface area contributed by atoms with Crippen LogP contribution in [0.2, 0.25) is 0 Å². The van der Waals surface area contributed by atoms with Gasteiger partial charge in [0.2, 0.25) is 11.8 Å². The molecular weight excluding hydrogens is 499 g/mol. The Bertz CT molecular complexity index is 1500. The Kier molecular flexibility index (Phi) is 6.49. The summed E-state index contributed by atoms with van der Waals surface area (Å²) >= 11 is 1.30. The minimum atomic E-state index is -4.59. The van der Waals surface area contributed by atoms with Gasteiger partial charge in [-0.25, -0.2) is 0 Å². The van der Waals surface area contributed by atoms with Gasteiger partial charge < -0.3 is 9.88 Å². The van der Waals surface area contributed by atoms with Gasteiger partial charge in [0.25, 0.3) is 0 Å². The Labute approximate surface area is 216 Å². The maximum Gasteiger partial charge on any atom is 0.416 e. The molecule has 2 amide bonds. The van der Waals surface area contributed by atoms with Gasteiger partial charge in [0.1, 0.15) is 0 Å². The summed E-state index contributed by atoms with van der Waals surface area (Å²) < 4.78 is 42.5. The number of para-hydroxylation sites is 1. The molecule has 0 saturated carbocycles. The second-order valence-electron chi connectivity index (χ2n) is 9.00. The van der Waals surface area contributed by atoms with Crippen molar-refractivity contribution < 1.29 is 22.8 Å². The number of carbonyl (C=O) groups is 2. The van der Waals surface area contributed by atoms with Crippen LogP contribution in [0.15, 0.2) is 77.7 Å². The molecule has 0 unspecified atom stereocenters. The minimum Gasteiger partial charge on any atom is -0.350 e. The highest BCUT2D eigenvalue weighted by Crippen LogP contribution is 2.44. The van der Waals surface area contributed by atoms with E-state index in [4.69, 9.17) is 0 Å². The van der Waals surface area contributed by atoms with Crippen LogP contribution in [0.4, 0.5) is 18.9 Å². The van der Waals surface area contributed by atoms with Crippen molar-refractivity contribution in [3.63, 3.8) is 0 Å². The maximum absolute atomic E-state index is 13.8. The van der Waals surface area contributed by atoms with Crippen LogP contribution in [-0.4, -0.2) is 22.1 Å². The van der Waals surface area contributed by atoms with Gasteiger partial charge >= 0.3 is 6.18 Å². The maximum atomic E-state index is 13.8. The van der Waals surface area contributed by atoms with E-state index in [0.29, 0.717) is 5.69 Å². The SMILES string of the molecule is Cc1ccc(CNC(=O)[C@H]2c3c(c4ccccc4n3C)SCC(=O)N2c2cccc(C(F)(F)F)c2)cc1. The molecule has 2 heterocycles. The molecule has 0 fully saturated rings. The number of alkyl halides is 3. The van der Waals surface area contributed by atoms with Gasteiger partial charge in [0, 0.05) is 35.1 Å². The zero-order valence-corrected chi connectivity index (χ0v) is 21.0. The first-order valence-electron chi connectivity index (χ1n) is 11.7. The summed E-state index contributed by atoms with van der Waals surface area (Å²) in [4.78, 5) is 29.3. The molecule has 4 aromatic rings. The van der Waals surface area contributed by atoms with Crippen LogP contribution < -0.4 is 10.2 Å². The summed E-state index contributed by atoms with van der Waals surface area (Å²) in [5.74, 6) is -0.931. The second-order valence-corrected chi connectivity index (χ2v) is 9.98. The molecule has 0 bridgehead atoms. The number of anilines is 1. The van der Waals surface area contributed by atoms with Crippen molar-refractivity contribution in [1.82, 2.24) is 9.88 Å². The quantitative estimate of drug-likeness (QED) is 0.357. The van der Waals surface area contributed by atoms with Crippen molar-refractivity contribution >= 4 is 40.2 Å². The molecule has 190 valence electrons. The van der Waals surface area contributed by atoms with E-state index >= 15 is 0 Å². The fourth-order valence-corrected chi connectivity index (χ4v) is 5.80. The molecule has 1 atom stereocenters. The second kappa shape index (κ2) is 9.63. The average molecular weight is 524 g/mol. The molecule has 9 heteroatoms. The number of benzene rings is 3. The normalized spacial score (nSPS) is 16.0. The number of aromatic nitrogens is 1. The highest BCUT2D eigenvalue weighted by molar-refractivity contribution is 8.00. The van der Waals surface area contributed by atoms with Crippen molar-refractivity contribution in [2.45, 2.75) is 30.6 Å². The van der Waals surface area contributed by atoms with E-state index in [1.54, 1.807) is 0 Å². The van der Waals surface area contributed by atoms with E-state index in [1.165, 1.54) is 28.8 Å². The van der Waals surface area contributed by atoms with Gasteiger partial charge in [-0.05, 0) is 36.8 Å². The molecule has 5 rings (SSSR count). The number of nitrogens with one attached hydrogen (secondary N) is 1. The number of hydrogen-bond acceptors (Lipinski definition) is 3. The molecule has 1 aromatic heterocycles. The number of nitrogens with zero attached hydrogens (tertiary/aromatic N) is 2. The van der Waals surface area contributed by atoms with E-state index in [0.717, 1.165) is 39.1 Å². The first-order valence-corrected chi connectivity index (χ1v) is 12.7. The fourth-order valence-electron chi connectivity index (χ4n) is 4.67. The van der Waals surface area contributed by atoms with Crippen molar-refractivity contribution in [3.8, 4) is 0 Å². The summed E-state index contributed by atoms with van der Waals surface area (Å²) in [5, 5.41) is 3.80. The van der Waals surface area contributed by atoms with Gasteiger partial charge in [-0.3, -0.25) is 14.5 Å². The monoisotopic (exact) mass is 523 g/mol. The minimum absolute atomic E-state index is 0.0149. The summed E-state index contributed by atoms with van der Waals surface area (Å²) in [6, 6.07) is 18.7. The lowest BCUT2D eigenvalue weighted by Crippen LogP contribution is -2.44. The Balaban J connectivity index is 1.64. The molecule has 0 saturated heterocycles.